The quantitative estimate of drug-likeness (QED) is 0.777. The molecule has 0 saturated heterocycles. The van der Waals surface area contributed by atoms with Crippen molar-refractivity contribution in [3.63, 3.8) is 0 Å². The van der Waals surface area contributed by atoms with Crippen molar-refractivity contribution in [2.24, 2.45) is 7.05 Å². The largest absolute Gasteiger partial charge is 0.504 e. The minimum atomic E-state index is -0.383. The fraction of sp³-hybridized carbons (Fsp3) is 0.182. The molecule has 0 bridgehead atoms. The first kappa shape index (κ1) is 9.71. The second kappa shape index (κ2) is 3.38. The zero-order chi connectivity index (χ0) is 11.0. The molecule has 0 unspecified atom stereocenters. The lowest BCUT2D eigenvalue weighted by atomic mass is 10.1. The summed E-state index contributed by atoms with van der Waals surface area (Å²) in [6.45, 7) is 1.73. The first-order valence-electron chi connectivity index (χ1n) is 4.58. The maximum absolute atomic E-state index is 13.4. The molecule has 78 valence electrons. The van der Waals surface area contributed by atoms with Crippen LogP contribution in [-0.4, -0.2) is 14.9 Å². The van der Waals surface area contributed by atoms with Crippen LogP contribution in [0.5, 0.6) is 5.75 Å². The second-order valence-corrected chi connectivity index (χ2v) is 3.39. The summed E-state index contributed by atoms with van der Waals surface area (Å²) in [6, 6.07) is 6.25. The summed E-state index contributed by atoms with van der Waals surface area (Å²) in [7, 11) is 1.71. The van der Waals surface area contributed by atoms with Gasteiger partial charge in [0, 0.05) is 12.6 Å². The van der Waals surface area contributed by atoms with E-state index in [-0.39, 0.29) is 17.3 Å². The van der Waals surface area contributed by atoms with Gasteiger partial charge in [0.05, 0.1) is 5.69 Å². The Morgan fingerprint density at radius 2 is 2.00 bits per heavy atom. The summed E-state index contributed by atoms with van der Waals surface area (Å²) < 4.78 is 15.0. The average molecular weight is 206 g/mol. The van der Waals surface area contributed by atoms with Crippen molar-refractivity contribution in [2.75, 3.05) is 0 Å². The Hall–Kier alpha value is -1.84. The predicted octanol–water partition coefficient (Wildman–Crippen LogP) is 2.24. The van der Waals surface area contributed by atoms with Crippen LogP contribution in [0.25, 0.3) is 11.3 Å². The minimum absolute atomic E-state index is 0.0302. The van der Waals surface area contributed by atoms with Gasteiger partial charge in [-0.2, -0.15) is 5.10 Å². The lowest BCUT2D eigenvalue weighted by Crippen LogP contribution is -1.92. The molecule has 1 N–H and O–H groups in total. The summed E-state index contributed by atoms with van der Waals surface area (Å²) in [6.07, 6.45) is 0. The van der Waals surface area contributed by atoms with Crippen LogP contribution < -0.4 is 0 Å². The SMILES string of the molecule is Cc1c(O)c(-c2ccccc2F)nn1C. The van der Waals surface area contributed by atoms with Crippen molar-refractivity contribution in [3.8, 4) is 17.0 Å². The summed E-state index contributed by atoms with van der Waals surface area (Å²) in [5.74, 6) is -0.353. The fourth-order valence-corrected chi connectivity index (χ4v) is 1.43. The molecule has 0 aliphatic carbocycles. The van der Waals surface area contributed by atoms with Crippen molar-refractivity contribution in [1.82, 2.24) is 9.78 Å². The van der Waals surface area contributed by atoms with Gasteiger partial charge in [0.15, 0.2) is 5.75 Å². The van der Waals surface area contributed by atoms with E-state index in [1.54, 1.807) is 32.2 Å². The smallest absolute Gasteiger partial charge is 0.164 e. The molecule has 0 atom stereocenters. The molecule has 1 aromatic carbocycles. The number of rotatable bonds is 1. The van der Waals surface area contributed by atoms with Gasteiger partial charge in [0.1, 0.15) is 11.5 Å². The number of nitrogens with zero attached hydrogens (tertiary/aromatic N) is 2. The molecule has 0 radical (unpaired) electrons. The van der Waals surface area contributed by atoms with Crippen LogP contribution in [0.2, 0.25) is 0 Å². The number of aromatic nitrogens is 2. The molecule has 0 aliphatic rings. The van der Waals surface area contributed by atoms with Gasteiger partial charge >= 0.3 is 0 Å². The monoisotopic (exact) mass is 206 g/mol. The number of halogens is 1. The maximum atomic E-state index is 13.4. The first-order valence-corrected chi connectivity index (χ1v) is 4.58. The summed E-state index contributed by atoms with van der Waals surface area (Å²) in [5.41, 5.74) is 1.22. The minimum Gasteiger partial charge on any atom is -0.504 e. The molecule has 15 heavy (non-hydrogen) atoms. The molecule has 0 amide bonds. The van der Waals surface area contributed by atoms with Gasteiger partial charge in [-0.15, -0.1) is 0 Å². The van der Waals surface area contributed by atoms with E-state index in [1.165, 1.54) is 10.7 Å². The normalized spacial score (nSPS) is 10.6. The van der Waals surface area contributed by atoms with Crippen LogP contribution >= 0.6 is 0 Å². The average Bonchev–Trinajstić information content (AvgIpc) is 2.47. The standard InChI is InChI=1S/C11H11FN2O/c1-7-11(15)10(13-14(7)2)8-5-3-4-6-9(8)12/h3-6,15H,1-2H3. The van der Waals surface area contributed by atoms with Crippen molar-refractivity contribution >= 4 is 0 Å². The maximum Gasteiger partial charge on any atom is 0.164 e. The zero-order valence-corrected chi connectivity index (χ0v) is 8.53. The van der Waals surface area contributed by atoms with E-state index in [0.29, 0.717) is 11.3 Å². The van der Waals surface area contributed by atoms with E-state index in [4.69, 9.17) is 0 Å². The van der Waals surface area contributed by atoms with Crippen LogP contribution in [0.4, 0.5) is 4.39 Å². The molecule has 2 aromatic rings. The molecule has 1 heterocycles. The molecule has 0 aliphatic heterocycles. The topological polar surface area (TPSA) is 38.1 Å². The molecule has 1 aromatic heterocycles. The number of aromatic hydroxyl groups is 1. The Bertz CT molecular complexity index is 505. The van der Waals surface area contributed by atoms with E-state index < -0.39 is 0 Å². The molecule has 0 spiro atoms. The summed E-state index contributed by atoms with van der Waals surface area (Å²) in [4.78, 5) is 0. The Morgan fingerprint density at radius 1 is 1.33 bits per heavy atom. The highest BCUT2D eigenvalue weighted by Gasteiger charge is 2.15. The van der Waals surface area contributed by atoms with Gasteiger partial charge in [-0.3, -0.25) is 4.68 Å². The van der Waals surface area contributed by atoms with E-state index in [9.17, 15) is 9.50 Å². The molecule has 0 saturated carbocycles. The van der Waals surface area contributed by atoms with Gasteiger partial charge in [-0.1, -0.05) is 12.1 Å². The lowest BCUT2D eigenvalue weighted by molar-refractivity contribution is 0.470. The highest BCUT2D eigenvalue weighted by atomic mass is 19.1. The van der Waals surface area contributed by atoms with E-state index in [1.807, 2.05) is 0 Å². The van der Waals surface area contributed by atoms with Crippen LogP contribution in [0, 0.1) is 12.7 Å². The predicted molar refractivity (Wildman–Crippen MR) is 55.0 cm³/mol. The van der Waals surface area contributed by atoms with Crippen LogP contribution in [0.15, 0.2) is 24.3 Å². The molecule has 0 fully saturated rings. The van der Waals surface area contributed by atoms with Crippen molar-refractivity contribution in [2.45, 2.75) is 6.92 Å². The lowest BCUT2D eigenvalue weighted by Gasteiger charge is -1.98. The van der Waals surface area contributed by atoms with Gasteiger partial charge in [0.25, 0.3) is 0 Å². The molecular weight excluding hydrogens is 195 g/mol. The highest BCUT2D eigenvalue weighted by molar-refractivity contribution is 5.67. The number of benzene rings is 1. The number of hydrogen-bond donors (Lipinski definition) is 1. The van der Waals surface area contributed by atoms with E-state index in [2.05, 4.69) is 5.10 Å². The van der Waals surface area contributed by atoms with Gasteiger partial charge in [-0.25, -0.2) is 4.39 Å². The van der Waals surface area contributed by atoms with Gasteiger partial charge < -0.3 is 5.11 Å². The third kappa shape index (κ3) is 1.48. The van der Waals surface area contributed by atoms with Crippen LogP contribution in [-0.2, 0) is 7.05 Å². The molecule has 4 heteroatoms. The number of hydrogen-bond acceptors (Lipinski definition) is 2. The summed E-state index contributed by atoms with van der Waals surface area (Å²) in [5, 5.41) is 13.8. The summed E-state index contributed by atoms with van der Waals surface area (Å²) >= 11 is 0. The van der Waals surface area contributed by atoms with E-state index in [0.717, 1.165) is 0 Å². The van der Waals surface area contributed by atoms with E-state index >= 15 is 0 Å². The Kier molecular flexibility index (Phi) is 2.19. The highest BCUT2D eigenvalue weighted by Crippen LogP contribution is 2.31. The Labute approximate surface area is 86.8 Å². The Morgan fingerprint density at radius 3 is 2.53 bits per heavy atom. The molecule has 3 nitrogen and oxygen atoms in total. The van der Waals surface area contributed by atoms with Crippen LogP contribution in [0.3, 0.4) is 0 Å². The number of aryl methyl sites for hydroxylation is 1. The second-order valence-electron chi connectivity index (χ2n) is 3.39. The fourth-order valence-electron chi connectivity index (χ4n) is 1.43. The molecule has 2 rings (SSSR count). The van der Waals surface area contributed by atoms with Crippen molar-refractivity contribution in [3.05, 3.63) is 35.8 Å². The molecular formula is C11H11FN2O. The van der Waals surface area contributed by atoms with Crippen molar-refractivity contribution < 1.29 is 9.50 Å². The van der Waals surface area contributed by atoms with Crippen LogP contribution in [0.1, 0.15) is 5.69 Å². The third-order valence-electron chi connectivity index (χ3n) is 2.43. The van der Waals surface area contributed by atoms with Gasteiger partial charge in [0.2, 0.25) is 0 Å². The first-order chi connectivity index (χ1) is 7.11. The third-order valence-corrected chi connectivity index (χ3v) is 2.43. The van der Waals surface area contributed by atoms with Gasteiger partial charge in [-0.05, 0) is 19.1 Å². The van der Waals surface area contributed by atoms with Crippen molar-refractivity contribution in [1.29, 1.82) is 0 Å². The Balaban J connectivity index is 2.65. The zero-order valence-electron chi connectivity index (χ0n) is 8.53.